The van der Waals surface area contributed by atoms with Gasteiger partial charge in [0.2, 0.25) is 0 Å². The van der Waals surface area contributed by atoms with Crippen LogP contribution in [0.25, 0.3) is 6.08 Å². The smallest absolute Gasteiger partial charge is 0.0406 e. The molecule has 1 N–H and O–H groups in total. The van der Waals surface area contributed by atoms with Crippen LogP contribution in [-0.2, 0) is 6.54 Å². The normalized spacial score (nSPS) is 16.7. The SMILES string of the molecule is Clc1ccc(/C=C/CNC2CCN(Cc3ccccc3)CC2)cc1. The molecule has 126 valence electrons. The molecule has 3 rings (SSSR count). The van der Waals surface area contributed by atoms with E-state index in [2.05, 4.69) is 52.7 Å². The van der Waals surface area contributed by atoms with Gasteiger partial charge in [0.1, 0.15) is 0 Å². The molecule has 2 aromatic rings. The first-order valence-electron chi connectivity index (χ1n) is 8.71. The molecule has 0 spiro atoms. The van der Waals surface area contributed by atoms with Crippen LogP contribution in [0, 0.1) is 0 Å². The summed E-state index contributed by atoms with van der Waals surface area (Å²) in [7, 11) is 0. The number of benzene rings is 2. The Morgan fingerprint density at radius 3 is 2.42 bits per heavy atom. The first kappa shape index (κ1) is 17.2. The summed E-state index contributed by atoms with van der Waals surface area (Å²) in [5.41, 5.74) is 2.61. The van der Waals surface area contributed by atoms with Gasteiger partial charge in [-0.3, -0.25) is 4.90 Å². The zero-order chi connectivity index (χ0) is 16.6. The number of halogens is 1. The molecule has 1 fully saturated rings. The van der Waals surface area contributed by atoms with Crippen molar-refractivity contribution in [2.24, 2.45) is 0 Å². The van der Waals surface area contributed by atoms with Gasteiger partial charge in [-0.1, -0.05) is 66.2 Å². The summed E-state index contributed by atoms with van der Waals surface area (Å²) in [5, 5.41) is 4.43. The minimum Gasteiger partial charge on any atom is -0.310 e. The second kappa shape index (κ2) is 9.03. The van der Waals surface area contributed by atoms with Crippen molar-refractivity contribution >= 4 is 17.7 Å². The Morgan fingerprint density at radius 1 is 1.00 bits per heavy atom. The van der Waals surface area contributed by atoms with Crippen LogP contribution in [0.15, 0.2) is 60.7 Å². The number of nitrogens with zero attached hydrogens (tertiary/aromatic N) is 1. The minimum atomic E-state index is 0.631. The van der Waals surface area contributed by atoms with Crippen LogP contribution in [0.3, 0.4) is 0 Å². The van der Waals surface area contributed by atoms with Gasteiger partial charge in [-0.05, 0) is 49.2 Å². The highest BCUT2D eigenvalue weighted by Crippen LogP contribution is 2.14. The van der Waals surface area contributed by atoms with Crippen LogP contribution >= 0.6 is 11.6 Å². The van der Waals surface area contributed by atoms with E-state index in [1.807, 2.05) is 24.3 Å². The quantitative estimate of drug-likeness (QED) is 0.826. The van der Waals surface area contributed by atoms with Crippen molar-refractivity contribution in [1.82, 2.24) is 10.2 Å². The van der Waals surface area contributed by atoms with Crippen LogP contribution in [-0.4, -0.2) is 30.6 Å². The number of hydrogen-bond acceptors (Lipinski definition) is 2. The van der Waals surface area contributed by atoms with Crippen molar-refractivity contribution < 1.29 is 0 Å². The van der Waals surface area contributed by atoms with Crippen LogP contribution in [0.1, 0.15) is 24.0 Å². The maximum absolute atomic E-state index is 5.90. The van der Waals surface area contributed by atoms with Gasteiger partial charge in [-0.2, -0.15) is 0 Å². The van der Waals surface area contributed by atoms with E-state index in [0.717, 1.165) is 18.1 Å². The Hall–Kier alpha value is -1.61. The lowest BCUT2D eigenvalue weighted by molar-refractivity contribution is 0.192. The zero-order valence-electron chi connectivity index (χ0n) is 14.0. The lowest BCUT2D eigenvalue weighted by Crippen LogP contribution is -2.42. The highest BCUT2D eigenvalue weighted by Gasteiger charge is 2.18. The Bertz CT molecular complexity index is 629. The molecule has 0 aromatic heterocycles. The Morgan fingerprint density at radius 2 is 1.71 bits per heavy atom. The molecular weight excluding hydrogens is 316 g/mol. The van der Waals surface area contributed by atoms with Gasteiger partial charge >= 0.3 is 0 Å². The zero-order valence-corrected chi connectivity index (χ0v) is 14.8. The van der Waals surface area contributed by atoms with E-state index in [1.165, 1.54) is 37.1 Å². The van der Waals surface area contributed by atoms with Gasteiger partial charge in [-0.15, -0.1) is 0 Å². The van der Waals surface area contributed by atoms with E-state index in [4.69, 9.17) is 11.6 Å². The Labute approximate surface area is 150 Å². The predicted molar refractivity (Wildman–Crippen MR) is 103 cm³/mol. The summed E-state index contributed by atoms with van der Waals surface area (Å²) < 4.78 is 0. The Balaban J connectivity index is 1.36. The first-order chi connectivity index (χ1) is 11.8. The fourth-order valence-electron chi connectivity index (χ4n) is 3.14. The predicted octanol–water partition coefficient (Wildman–Crippen LogP) is 4.61. The molecular formula is C21H25ClN2. The molecule has 2 aromatic carbocycles. The second-order valence-corrected chi connectivity index (χ2v) is 6.83. The summed E-state index contributed by atoms with van der Waals surface area (Å²) in [5.74, 6) is 0. The van der Waals surface area contributed by atoms with Gasteiger partial charge in [-0.25, -0.2) is 0 Å². The number of nitrogens with one attached hydrogen (secondary N) is 1. The maximum Gasteiger partial charge on any atom is 0.0406 e. The van der Waals surface area contributed by atoms with Crippen LogP contribution in [0.4, 0.5) is 0 Å². The summed E-state index contributed by atoms with van der Waals surface area (Å²) in [6.07, 6.45) is 6.79. The van der Waals surface area contributed by atoms with Crippen molar-refractivity contribution in [2.75, 3.05) is 19.6 Å². The maximum atomic E-state index is 5.90. The first-order valence-corrected chi connectivity index (χ1v) is 9.09. The van der Waals surface area contributed by atoms with E-state index in [9.17, 15) is 0 Å². The molecule has 1 aliphatic heterocycles. The van der Waals surface area contributed by atoms with Crippen molar-refractivity contribution in [3.8, 4) is 0 Å². The van der Waals surface area contributed by atoms with Gasteiger partial charge in [0.15, 0.2) is 0 Å². The van der Waals surface area contributed by atoms with E-state index in [1.54, 1.807) is 0 Å². The highest BCUT2D eigenvalue weighted by molar-refractivity contribution is 6.30. The number of piperidine rings is 1. The second-order valence-electron chi connectivity index (χ2n) is 6.40. The molecule has 1 aliphatic rings. The standard InChI is InChI=1S/C21H25ClN2/c22-20-10-8-18(9-11-20)7-4-14-23-21-12-15-24(16-13-21)17-19-5-2-1-3-6-19/h1-11,21,23H,12-17H2/b7-4+. The van der Waals surface area contributed by atoms with Crippen molar-refractivity contribution in [3.63, 3.8) is 0 Å². The number of rotatable bonds is 6. The van der Waals surface area contributed by atoms with Crippen LogP contribution < -0.4 is 5.32 Å². The van der Waals surface area contributed by atoms with Gasteiger partial charge in [0.05, 0.1) is 0 Å². The van der Waals surface area contributed by atoms with E-state index in [0.29, 0.717) is 6.04 Å². The van der Waals surface area contributed by atoms with E-state index < -0.39 is 0 Å². The lowest BCUT2D eigenvalue weighted by Gasteiger charge is -2.32. The third-order valence-electron chi connectivity index (χ3n) is 4.54. The summed E-state index contributed by atoms with van der Waals surface area (Å²) in [6, 6.07) is 19.3. The average Bonchev–Trinajstić information content (AvgIpc) is 2.62. The molecule has 0 atom stereocenters. The highest BCUT2D eigenvalue weighted by atomic mass is 35.5. The van der Waals surface area contributed by atoms with Crippen molar-refractivity contribution in [1.29, 1.82) is 0 Å². The topological polar surface area (TPSA) is 15.3 Å². The fraction of sp³-hybridized carbons (Fsp3) is 0.333. The molecule has 0 unspecified atom stereocenters. The summed E-state index contributed by atoms with van der Waals surface area (Å²) in [6.45, 7) is 4.34. The molecule has 3 heteroatoms. The van der Waals surface area contributed by atoms with E-state index in [-0.39, 0.29) is 0 Å². The fourth-order valence-corrected chi connectivity index (χ4v) is 3.27. The monoisotopic (exact) mass is 340 g/mol. The third-order valence-corrected chi connectivity index (χ3v) is 4.79. The van der Waals surface area contributed by atoms with Crippen molar-refractivity contribution in [2.45, 2.75) is 25.4 Å². The molecule has 24 heavy (non-hydrogen) atoms. The molecule has 0 radical (unpaired) electrons. The Kier molecular flexibility index (Phi) is 6.48. The molecule has 1 saturated heterocycles. The average molecular weight is 341 g/mol. The molecule has 0 amide bonds. The third kappa shape index (κ3) is 5.48. The number of hydrogen-bond donors (Lipinski definition) is 1. The van der Waals surface area contributed by atoms with Gasteiger partial charge in [0.25, 0.3) is 0 Å². The van der Waals surface area contributed by atoms with Crippen LogP contribution in [0.5, 0.6) is 0 Å². The molecule has 0 saturated carbocycles. The molecule has 1 heterocycles. The minimum absolute atomic E-state index is 0.631. The lowest BCUT2D eigenvalue weighted by atomic mass is 10.0. The van der Waals surface area contributed by atoms with Crippen molar-refractivity contribution in [3.05, 3.63) is 76.8 Å². The van der Waals surface area contributed by atoms with E-state index >= 15 is 0 Å². The number of likely N-dealkylation sites (tertiary alicyclic amines) is 1. The molecule has 2 nitrogen and oxygen atoms in total. The van der Waals surface area contributed by atoms with Crippen LogP contribution in [0.2, 0.25) is 5.02 Å². The molecule has 0 bridgehead atoms. The summed E-state index contributed by atoms with van der Waals surface area (Å²) >= 11 is 5.90. The van der Waals surface area contributed by atoms with Gasteiger partial charge in [0, 0.05) is 24.2 Å². The molecule has 0 aliphatic carbocycles. The largest absolute Gasteiger partial charge is 0.310 e. The summed E-state index contributed by atoms with van der Waals surface area (Å²) in [4.78, 5) is 2.55. The van der Waals surface area contributed by atoms with Gasteiger partial charge < -0.3 is 5.32 Å².